The van der Waals surface area contributed by atoms with Crippen molar-refractivity contribution in [1.82, 2.24) is 0 Å². The van der Waals surface area contributed by atoms with E-state index in [0.29, 0.717) is 0 Å². The number of rotatable bonds is 3. The standard InChI is InChI=1S/C10H10FNO2S/c1-2-15(13,14)7-9-5-8(6-12)3-4-10(9)11/h3-5H,2,7H2,1H3. The van der Waals surface area contributed by atoms with E-state index in [4.69, 9.17) is 5.26 Å². The second-order valence-electron chi connectivity index (χ2n) is 3.09. The molecule has 80 valence electrons. The quantitative estimate of drug-likeness (QED) is 0.788. The molecule has 0 heterocycles. The minimum absolute atomic E-state index is 0.0385. The maximum atomic E-state index is 13.2. The highest BCUT2D eigenvalue weighted by atomic mass is 32.2. The Labute approximate surface area is 88.1 Å². The van der Waals surface area contributed by atoms with Crippen LogP contribution in [-0.4, -0.2) is 14.2 Å². The molecule has 0 radical (unpaired) electrons. The van der Waals surface area contributed by atoms with Crippen molar-refractivity contribution in [1.29, 1.82) is 5.26 Å². The Morgan fingerprint density at radius 3 is 2.67 bits per heavy atom. The number of nitriles is 1. The van der Waals surface area contributed by atoms with Gasteiger partial charge >= 0.3 is 0 Å². The lowest BCUT2D eigenvalue weighted by molar-refractivity contribution is 0.588. The Hall–Kier alpha value is -1.41. The Morgan fingerprint density at radius 1 is 1.47 bits per heavy atom. The molecular weight excluding hydrogens is 217 g/mol. The summed E-state index contributed by atoms with van der Waals surface area (Å²) in [6.45, 7) is 1.50. The van der Waals surface area contributed by atoms with Gasteiger partial charge in [0.2, 0.25) is 0 Å². The van der Waals surface area contributed by atoms with Gasteiger partial charge < -0.3 is 0 Å². The number of hydrogen-bond acceptors (Lipinski definition) is 3. The molecule has 0 N–H and O–H groups in total. The third-order valence-electron chi connectivity index (χ3n) is 1.99. The van der Waals surface area contributed by atoms with Crippen molar-refractivity contribution in [2.45, 2.75) is 12.7 Å². The van der Waals surface area contributed by atoms with E-state index in [1.165, 1.54) is 19.1 Å². The maximum absolute atomic E-state index is 13.2. The summed E-state index contributed by atoms with van der Waals surface area (Å²) in [6, 6.07) is 5.53. The maximum Gasteiger partial charge on any atom is 0.154 e. The number of hydrogen-bond donors (Lipinski definition) is 0. The van der Waals surface area contributed by atoms with Crippen molar-refractivity contribution in [3.05, 3.63) is 35.1 Å². The number of halogens is 1. The Kier molecular flexibility index (Phi) is 3.43. The van der Waals surface area contributed by atoms with Crippen LogP contribution in [0.15, 0.2) is 18.2 Å². The van der Waals surface area contributed by atoms with Gasteiger partial charge in [0.1, 0.15) is 5.82 Å². The summed E-state index contributed by atoms with van der Waals surface area (Å²) in [4.78, 5) is 0. The first-order valence-electron chi connectivity index (χ1n) is 4.37. The summed E-state index contributed by atoms with van der Waals surface area (Å²) >= 11 is 0. The van der Waals surface area contributed by atoms with E-state index < -0.39 is 15.7 Å². The molecule has 0 atom stereocenters. The third-order valence-corrected chi connectivity index (χ3v) is 3.62. The van der Waals surface area contributed by atoms with Crippen LogP contribution in [0.5, 0.6) is 0 Å². The lowest BCUT2D eigenvalue weighted by atomic mass is 10.1. The van der Waals surface area contributed by atoms with Gasteiger partial charge in [0.25, 0.3) is 0 Å². The second kappa shape index (κ2) is 4.41. The van der Waals surface area contributed by atoms with Crippen LogP contribution < -0.4 is 0 Å². The van der Waals surface area contributed by atoms with Crippen molar-refractivity contribution in [2.24, 2.45) is 0 Å². The SMILES string of the molecule is CCS(=O)(=O)Cc1cc(C#N)ccc1F. The lowest BCUT2D eigenvalue weighted by Gasteiger charge is -2.03. The molecule has 0 spiro atoms. The zero-order valence-corrected chi connectivity index (χ0v) is 9.01. The monoisotopic (exact) mass is 227 g/mol. The molecule has 3 nitrogen and oxygen atoms in total. The first-order chi connectivity index (χ1) is 6.98. The van der Waals surface area contributed by atoms with E-state index in [9.17, 15) is 12.8 Å². The van der Waals surface area contributed by atoms with E-state index >= 15 is 0 Å². The fourth-order valence-electron chi connectivity index (χ4n) is 1.09. The van der Waals surface area contributed by atoms with Gasteiger partial charge in [0, 0.05) is 11.3 Å². The smallest absolute Gasteiger partial charge is 0.154 e. The fraction of sp³-hybridized carbons (Fsp3) is 0.300. The highest BCUT2D eigenvalue weighted by molar-refractivity contribution is 7.90. The highest BCUT2D eigenvalue weighted by Crippen LogP contribution is 2.13. The zero-order chi connectivity index (χ0) is 11.5. The van der Waals surface area contributed by atoms with Crippen LogP contribution >= 0.6 is 0 Å². The molecule has 0 aliphatic heterocycles. The second-order valence-corrected chi connectivity index (χ2v) is 5.45. The lowest BCUT2D eigenvalue weighted by Crippen LogP contribution is -2.08. The molecule has 0 fully saturated rings. The Balaban J connectivity index is 3.10. The average Bonchev–Trinajstić information content (AvgIpc) is 2.21. The van der Waals surface area contributed by atoms with Gasteiger partial charge in [-0.1, -0.05) is 6.92 Å². The summed E-state index contributed by atoms with van der Waals surface area (Å²) in [7, 11) is -3.27. The van der Waals surface area contributed by atoms with Crippen LogP contribution in [0.25, 0.3) is 0 Å². The van der Waals surface area contributed by atoms with E-state index in [1.807, 2.05) is 6.07 Å². The average molecular weight is 227 g/mol. The van der Waals surface area contributed by atoms with Crippen molar-refractivity contribution in [2.75, 3.05) is 5.75 Å². The summed E-state index contributed by atoms with van der Waals surface area (Å²) in [5.41, 5.74) is 0.314. The summed E-state index contributed by atoms with van der Waals surface area (Å²) in [5, 5.41) is 8.59. The Bertz CT molecular complexity index is 503. The third kappa shape index (κ3) is 3.03. The van der Waals surface area contributed by atoms with Gasteiger partial charge in [-0.15, -0.1) is 0 Å². The predicted molar refractivity (Wildman–Crippen MR) is 54.3 cm³/mol. The fourth-order valence-corrected chi connectivity index (χ4v) is 1.99. The molecule has 0 amide bonds. The summed E-state index contributed by atoms with van der Waals surface area (Å²) in [5.74, 6) is -0.986. The first-order valence-corrected chi connectivity index (χ1v) is 6.19. The molecule has 5 heteroatoms. The predicted octanol–water partition coefficient (Wildman–Crippen LogP) is 1.63. The van der Waals surface area contributed by atoms with Crippen LogP contribution in [0.3, 0.4) is 0 Å². The molecule has 0 saturated carbocycles. The van der Waals surface area contributed by atoms with E-state index in [0.717, 1.165) is 6.07 Å². The molecule has 0 aromatic heterocycles. The van der Waals surface area contributed by atoms with Gasteiger partial charge in [0.15, 0.2) is 9.84 Å². The van der Waals surface area contributed by atoms with Crippen LogP contribution in [0.2, 0.25) is 0 Å². The van der Waals surface area contributed by atoms with Crippen LogP contribution in [0.4, 0.5) is 4.39 Å². The minimum Gasteiger partial charge on any atom is -0.229 e. The van der Waals surface area contributed by atoms with E-state index in [1.54, 1.807) is 0 Å². The van der Waals surface area contributed by atoms with Gasteiger partial charge in [-0.05, 0) is 18.2 Å². The van der Waals surface area contributed by atoms with Crippen LogP contribution in [0.1, 0.15) is 18.1 Å². The van der Waals surface area contributed by atoms with Gasteiger partial charge in [-0.2, -0.15) is 5.26 Å². The first kappa shape index (κ1) is 11.7. The van der Waals surface area contributed by atoms with Gasteiger partial charge in [-0.3, -0.25) is 0 Å². The molecule has 0 unspecified atom stereocenters. The largest absolute Gasteiger partial charge is 0.229 e. The topological polar surface area (TPSA) is 57.9 Å². The molecule has 0 aliphatic rings. The minimum atomic E-state index is -3.27. The molecule has 0 bridgehead atoms. The van der Waals surface area contributed by atoms with Crippen LogP contribution in [0, 0.1) is 17.1 Å². The van der Waals surface area contributed by atoms with E-state index in [2.05, 4.69) is 0 Å². The molecule has 1 aromatic carbocycles. The molecule has 0 aliphatic carbocycles. The van der Waals surface area contributed by atoms with Crippen molar-refractivity contribution in [3.63, 3.8) is 0 Å². The number of nitrogens with zero attached hydrogens (tertiary/aromatic N) is 1. The number of sulfone groups is 1. The zero-order valence-electron chi connectivity index (χ0n) is 8.20. The number of benzene rings is 1. The Morgan fingerprint density at radius 2 is 2.13 bits per heavy atom. The molecular formula is C10H10FNO2S. The van der Waals surface area contributed by atoms with Crippen molar-refractivity contribution >= 4 is 9.84 Å². The molecule has 1 rings (SSSR count). The van der Waals surface area contributed by atoms with Crippen LogP contribution in [-0.2, 0) is 15.6 Å². The summed E-state index contributed by atoms with van der Waals surface area (Å²) in [6.07, 6.45) is 0. The highest BCUT2D eigenvalue weighted by Gasteiger charge is 2.13. The molecule has 0 saturated heterocycles. The van der Waals surface area contributed by atoms with E-state index in [-0.39, 0.29) is 22.6 Å². The molecule has 1 aromatic rings. The normalized spacial score (nSPS) is 11.0. The van der Waals surface area contributed by atoms with Gasteiger partial charge in [-0.25, -0.2) is 12.8 Å². The van der Waals surface area contributed by atoms with Gasteiger partial charge in [0.05, 0.1) is 17.4 Å². The van der Waals surface area contributed by atoms with Crippen molar-refractivity contribution in [3.8, 4) is 6.07 Å². The van der Waals surface area contributed by atoms with Crippen molar-refractivity contribution < 1.29 is 12.8 Å². The molecule has 15 heavy (non-hydrogen) atoms. The summed E-state index contributed by atoms with van der Waals surface area (Å²) < 4.78 is 35.7.